The summed E-state index contributed by atoms with van der Waals surface area (Å²) in [5.74, 6) is 1.28. The molecule has 1 saturated heterocycles. The monoisotopic (exact) mass is 456 g/mol. The van der Waals surface area contributed by atoms with Crippen LogP contribution in [0.1, 0.15) is 29.3 Å². The maximum atomic E-state index is 11.8. The van der Waals surface area contributed by atoms with Gasteiger partial charge in [-0.1, -0.05) is 17.7 Å². The van der Waals surface area contributed by atoms with Gasteiger partial charge in [0.05, 0.1) is 22.4 Å². The third-order valence-corrected chi connectivity index (χ3v) is 5.56. The molecule has 0 aliphatic carbocycles. The predicted molar refractivity (Wildman–Crippen MR) is 123 cm³/mol. The molecule has 1 aromatic carbocycles. The van der Waals surface area contributed by atoms with Gasteiger partial charge in [-0.25, -0.2) is 0 Å². The predicted octanol–water partition coefficient (Wildman–Crippen LogP) is 4.40. The highest BCUT2D eigenvalue weighted by atomic mass is 35.5. The summed E-state index contributed by atoms with van der Waals surface area (Å²) in [6, 6.07) is 14.5. The second kappa shape index (κ2) is 9.05. The molecule has 1 aliphatic heterocycles. The highest BCUT2D eigenvalue weighted by molar-refractivity contribution is 7.80. The standard InChI is InChI=1S/C22H21ClN4O3S/c1-13-6-9-18(30-13)21-20(17-5-3-4-10-24-17)26-22(31)27(21)14-7-8-16(15(23)11-14)25-19(28)12-29-2/h3-11,20-21H,12H2,1-2H3,(H,25,28)(H,26,31). The van der Waals surface area contributed by atoms with E-state index in [4.69, 9.17) is 33.0 Å². The number of thiocarbonyl (C=S) groups is 1. The van der Waals surface area contributed by atoms with Crippen LogP contribution in [0.5, 0.6) is 0 Å². The van der Waals surface area contributed by atoms with Crippen LogP contribution in [0, 0.1) is 6.92 Å². The van der Waals surface area contributed by atoms with E-state index in [1.165, 1.54) is 7.11 Å². The van der Waals surface area contributed by atoms with Crippen molar-refractivity contribution in [1.29, 1.82) is 0 Å². The second-order valence-corrected chi connectivity index (χ2v) is 7.88. The van der Waals surface area contributed by atoms with Gasteiger partial charge in [0.25, 0.3) is 0 Å². The molecule has 160 valence electrons. The van der Waals surface area contributed by atoms with Gasteiger partial charge in [0.2, 0.25) is 5.91 Å². The molecule has 3 heterocycles. The number of amides is 1. The minimum absolute atomic E-state index is 0.0517. The Labute approximate surface area is 190 Å². The van der Waals surface area contributed by atoms with Crippen molar-refractivity contribution >= 4 is 46.2 Å². The van der Waals surface area contributed by atoms with Crippen molar-refractivity contribution in [2.24, 2.45) is 0 Å². The Bertz CT molecular complexity index is 1110. The van der Waals surface area contributed by atoms with Gasteiger partial charge in [-0.3, -0.25) is 9.78 Å². The first-order chi connectivity index (χ1) is 15.0. The van der Waals surface area contributed by atoms with E-state index in [-0.39, 0.29) is 24.6 Å². The lowest BCUT2D eigenvalue weighted by molar-refractivity contribution is -0.119. The van der Waals surface area contributed by atoms with Crippen LogP contribution in [-0.2, 0) is 9.53 Å². The summed E-state index contributed by atoms with van der Waals surface area (Å²) in [6.45, 7) is 1.85. The molecule has 31 heavy (non-hydrogen) atoms. The molecule has 1 aliphatic rings. The quantitative estimate of drug-likeness (QED) is 0.532. The third-order valence-electron chi connectivity index (χ3n) is 4.93. The average Bonchev–Trinajstić information content (AvgIpc) is 3.33. The molecule has 0 radical (unpaired) electrons. The van der Waals surface area contributed by atoms with Crippen LogP contribution in [-0.4, -0.2) is 29.7 Å². The smallest absolute Gasteiger partial charge is 0.250 e. The summed E-state index contributed by atoms with van der Waals surface area (Å²) in [7, 11) is 1.46. The van der Waals surface area contributed by atoms with E-state index in [1.807, 2.05) is 48.2 Å². The third kappa shape index (κ3) is 4.41. The van der Waals surface area contributed by atoms with E-state index < -0.39 is 0 Å². The fourth-order valence-corrected chi connectivity index (χ4v) is 4.17. The number of nitrogens with one attached hydrogen (secondary N) is 2. The summed E-state index contributed by atoms with van der Waals surface area (Å²) in [5, 5.41) is 7.01. The van der Waals surface area contributed by atoms with E-state index in [0.29, 0.717) is 15.8 Å². The molecule has 3 aromatic rings. The maximum Gasteiger partial charge on any atom is 0.250 e. The number of carbonyl (C=O) groups excluding carboxylic acids is 1. The molecule has 2 N–H and O–H groups in total. The lowest BCUT2D eigenvalue weighted by Crippen LogP contribution is -2.29. The molecule has 7 nitrogen and oxygen atoms in total. The van der Waals surface area contributed by atoms with Crippen molar-refractivity contribution in [2.45, 2.75) is 19.0 Å². The minimum Gasteiger partial charge on any atom is -0.464 e. The molecular weight excluding hydrogens is 436 g/mol. The fourth-order valence-electron chi connectivity index (χ4n) is 3.61. The summed E-state index contributed by atoms with van der Waals surface area (Å²) in [5.41, 5.74) is 2.11. The molecule has 2 unspecified atom stereocenters. The van der Waals surface area contributed by atoms with E-state index in [9.17, 15) is 4.79 Å². The van der Waals surface area contributed by atoms with Crippen molar-refractivity contribution in [3.05, 3.63) is 77.0 Å². The summed E-state index contributed by atoms with van der Waals surface area (Å²) in [4.78, 5) is 18.3. The van der Waals surface area contributed by atoms with Gasteiger partial charge < -0.3 is 24.7 Å². The Morgan fingerprint density at radius 3 is 2.81 bits per heavy atom. The van der Waals surface area contributed by atoms with Crippen LogP contribution in [0.25, 0.3) is 0 Å². The van der Waals surface area contributed by atoms with Crippen LogP contribution in [0.2, 0.25) is 5.02 Å². The van der Waals surface area contributed by atoms with Crippen molar-refractivity contribution in [2.75, 3.05) is 23.9 Å². The zero-order valence-corrected chi connectivity index (χ0v) is 18.5. The average molecular weight is 457 g/mol. The van der Waals surface area contributed by atoms with E-state index in [2.05, 4.69) is 15.6 Å². The Hall–Kier alpha value is -2.94. The van der Waals surface area contributed by atoms with Gasteiger partial charge in [0, 0.05) is 19.0 Å². The van der Waals surface area contributed by atoms with Gasteiger partial charge >= 0.3 is 0 Å². The Morgan fingerprint density at radius 1 is 1.32 bits per heavy atom. The number of hydrogen-bond donors (Lipinski definition) is 2. The number of aromatic nitrogens is 1. The molecular formula is C22H21ClN4O3S. The maximum absolute atomic E-state index is 11.8. The molecule has 0 bridgehead atoms. The van der Waals surface area contributed by atoms with Crippen molar-refractivity contribution in [3.8, 4) is 0 Å². The number of hydrogen-bond acceptors (Lipinski definition) is 5. The molecule has 2 atom stereocenters. The Morgan fingerprint density at radius 2 is 2.16 bits per heavy atom. The number of furan rings is 1. The summed E-state index contributed by atoms with van der Waals surface area (Å²) in [6.07, 6.45) is 1.75. The van der Waals surface area contributed by atoms with Crippen LogP contribution >= 0.6 is 23.8 Å². The van der Waals surface area contributed by atoms with E-state index in [1.54, 1.807) is 18.3 Å². The Balaban J connectivity index is 1.71. The van der Waals surface area contributed by atoms with Crippen molar-refractivity contribution in [3.63, 3.8) is 0 Å². The lowest BCUT2D eigenvalue weighted by atomic mass is 10.0. The molecule has 1 amide bonds. The molecule has 0 spiro atoms. The fraction of sp³-hybridized carbons (Fsp3) is 0.227. The second-order valence-electron chi connectivity index (χ2n) is 7.09. The number of benzene rings is 1. The lowest BCUT2D eigenvalue weighted by Gasteiger charge is -2.26. The number of ether oxygens (including phenoxy) is 1. The summed E-state index contributed by atoms with van der Waals surface area (Å²) >= 11 is 12.1. The van der Waals surface area contributed by atoms with E-state index >= 15 is 0 Å². The minimum atomic E-state index is -0.283. The number of methoxy groups -OCH3 is 1. The largest absolute Gasteiger partial charge is 0.464 e. The van der Waals surface area contributed by atoms with Gasteiger partial charge in [0.15, 0.2) is 5.11 Å². The van der Waals surface area contributed by atoms with Gasteiger partial charge in [-0.05, 0) is 61.6 Å². The van der Waals surface area contributed by atoms with Crippen LogP contribution in [0.4, 0.5) is 11.4 Å². The zero-order chi connectivity index (χ0) is 22.0. The first kappa shape index (κ1) is 21.3. The number of carbonyl (C=O) groups is 1. The normalized spacial score (nSPS) is 18.2. The summed E-state index contributed by atoms with van der Waals surface area (Å²) < 4.78 is 10.8. The molecule has 2 aromatic heterocycles. The highest BCUT2D eigenvalue weighted by Gasteiger charge is 2.42. The number of rotatable bonds is 6. The number of aryl methyl sites for hydroxylation is 1. The molecule has 9 heteroatoms. The highest BCUT2D eigenvalue weighted by Crippen LogP contribution is 2.43. The zero-order valence-electron chi connectivity index (χ0n) is 17.0. The topological polar surface area (TPSA) is 79.6 Å². The number of halogens is 1. The van der Waals surface area contributed by atoms with Crippen LogP contribution < -0.4 is 15.5 Å². The molecule has 0 saturated carbocycles. The van der Waals surface area contributed by atoms with E-state index in [0.717, 1.165) is 22.9 Å². The first-order valence-corrected chi connectivity index (χ1v) is 10.4. The number of anilines is 2. The van der Waals surface area contributed by atoms with Crippen LogP contribution in [0.15, 0.2) is 59.1 Å². The van der Waals surface area contributed by atoms with Gasteiger partial charge in [0.1, 0.15) is 24.2 Å². The van der Waals surface area contributed by atoms with Gasteiger partial charge in [-0.15, -0.1) is 0 Å². The molecule has 4 rings (SSSR count). The molecule has 1 fully saturated rings. The van der Waals surface area contributed by atoms with Gasteiger partial charge in [-0.2, -0.15) is 0 Å². The van der Waals surface area contributed by atoms with Crippen molar-refractivity contribution < 1.29 is 13.9 Å². The SMILES string of the molecule is COCC(=O)Nc1ccc(N2C(=S)NC(c3ccccn3)C2c2ccc(C)o2)cc1Cl. The Kier molecular flexibility index (Phi) is 6.22. The van der Waals surface area contributed by atoms with Crippen molar-refractivity contribution in [1.82, 2.24) is 10.3 Å². The van der Waals surface area contributed by atoms with Crippen LogP contribution in [0.3, 0.4) is 0 Å². The first-order valence-electron chi connectivity index (χ1n) is 9.63. The number of pyridine rings is 1. The number of nitrogens with zero attached hydrogens (tertiary/aromatic N) is 2.